The maximum atomic E-state index is 6.28. The maximum absolute atomic E-state index is 6.28. The van der Waals surface area contributed by atoms with Crippen molar-refractivity contribution < 1.29 is 4.74 Å². The summed E-state index contributed by atoms with van der Waals surface area (Å²) in [5.74, 6) is 0.844. The zero-order valence-corrected chi connectivity index (χ0v) is 13.5. The Hall–Kier alpha value is -1.39. The second kappa shape index (κ2) is 5.54. The van der Waals surface area contributed by atoms with Crippen LogP contribution in [0.5, 0.6) is 5.75 Å². The number of hydrogen-bond acceptors (Lipinski definition) is 4. The van der Waals surface area contributed by atoms with Gasteiger partial charge in [-0.15, -0.1) is 11.3 Å². The van der Waals surface area contributed by atoms with Crippen LogP contribution in [0.2, 0.25) is 0 Å². The Labute approximate surface area is 124 Å². The molecule has 20 heavy (non-hydrogen) atoms. The SMILES string of the molecule is COc1ccc(C)cc1-c1csc(C(N)C(C)(C)C)n1. The normalized spacial score (nSPS) is 13.3. The van der Waals surface area contributed by atoms with Crippen molar-refractivity contribution in [3.63, 3.8) is 0 Å². The maximum Gasteiger partial charge on any atom is 0.128 e. The van der Waals surface area contributed by atoms with Crippen molar-refractivity contribution in [2.24, 2.45) is 11.1 Å². The minimum atomic E-state index is -0.0583. The number of thiazole rings is 1. The second-order valence-electron chi connectivity index (χ2n) is 6.12. The lowest BCUT2D eigenvalue weighted by molar-refractivity contribution is 0.326. The number of benzene rings is 1. The van der Waals surface area contributed by atoms with Gasteiger partial charge in [-0.25, -0.2) is 4.98 Å². The number of ether oxygens (including phenoxy) is 1. The van der Waals surface area contributed by atoms with Crippen molar-refractivity contribution in [3.05, 3.63) is 34.2 Å². The summed E-state index contributed by atoms with van der Waals surface area (Å²) in [5.41, 5.74) is 9.44. The zero-order valence-electron chi connectivity index (χ0n) is 12.7. The highest BCUT2D eigenvalue weighted by Crippen LogP contribution is 2.36. The lowest BCUT2D eigenvalue weighted by Gasteiger charge is -2.24. The third kappa shape index (κ3) is 3.02. The first-order chi connectivity index (χ1) is 9.32. The lowest BCUT2D eigenvalue weighted by atomic mass is 9.88. The van der Waals surface area contributed by atoms with E-state index in [4.69, 9.17) is 15.5 Å². The Morgan fingerprint density at radius 3 is 2.60 bits per heavy atom. The molecule has 2 aromatic rings. The Morgan fingerprint density at radius 1 is 1.30 bits per heavy atom. The molecule has 4 heteroatoms. The van der Waals surface area contributed by atoms with E-state index in [0.717, 1.165) is 22.0 Å². The third-order valence-corrected chi connectivity index (χ3v) is 4.28. The van der Waals surface area contributed by atoms with E-state index in [1.165, 1.54) is 5.56 Å². The Bertz CT molecular complexity index is 599. The van der Waals surface area contributed by atoms with Crippen molar-refractivity contribution in [2.75, 3.05) is 7.11 Å². The Morgan fingerprint density at radius 2 is 2.00 bits per heavy atom. The van der Waals surface area contributed by atoms with Gasteiger partial charge in [-0.1, -0.05) is 32.4 Å². The molecule has 0 aliphatic rings. The van der Waals surface area contributed by atoms with Gasteiger partial charge in [0.2, 0.25) is 0 Å². The number of aromatic nitrogens is 1. The average molecular weight is 290 g/mol. The van der Waals surface area contributed by atoms with Gasteiger partial charge in [0.1, 0.15) is 10.8 Å². The molecule has 0 bridgehead atoms. The van der Waals surface area contributed by atoms with Crippen LogP contribution in [-0.2, 0) is 0 Å². The van der Waals surface area contributed by atoms with E-state index in [0.29, 0.717) is 0 Å². The monoisotopic (exact) mass is 290 g/mol. The molecule has 0 radical (unpaired) electrons. The predicted molar refractivity (Wildman–Crippen MR) is 85.2 cm³/mol. The van der Waals surface area contributed by atoms with Crippen LogP contribution in [0.4, 0.5) is 0 Å². The Balaban J connectivity index is 2.41. The van der Waals surface area contributed by atoms with Gasteiger partial charge in [-0.2, -0.15) is 0 Å². The fraction of sp³-hybridized carbons (Fsp3) is 0.438. The van der Waals surface area contributed by atoms with E-state index in [1.807, 2.05) is 12.1 Å². The molecule has 1 unspecified atom stereocenters. The quantitative estimate of drug-likeness (QED) is 0.922. The predicted octanol–water partition coefficient (Wildman–Crippen LogP) is 4.17. The van der Waals surface area contributed by atoms with Gasteiger partial charge in [0.05, 0.1) is 18.8 Å². The fourth-order valence-corrected chi connectivity index (χ4v) is 3.01. The molecule has 0 spiro atoms. The number of rotatable bonds is 3. The molecule has 0 fully saturated rings. The van der Waals surface area contributed by atoms with Crippen molar-refractivity contribution in [1.29, 1.82) is 0 Å². The molecule has 2 rings (SSSR count). The molecule has 0 aliphatic carbocycles. The van der Waals surface area contributed by atoms with Gasteiger partial charge in [0.15, 0.2) is 0 Å². The van der Waals surface area contributed by atoms with Gasteiger partial charge >= 0.3 is 0 Å². The highest BCUT2D eigenvalue weighted by atomic mass is 32.1. The molecule has 0 amide bonds. The molecular formula is C16H22N2OS. The highest BCUT2D eigenvalue weighted by Gasteiger charge is 2.25. The van der Waals surface area contributed by atoms with Gasteiger partial charge in [0, 0.05) is 10.9 Å². The summed E-state index contributed by atoms with van der Waals surface area (Å²) in [6, 6.07) is 6.06. The number of aryl methyl sites for hydroxylation is 1. The van der Waals surface area contributed by atoms with E-state index in [9.17, 15) is 0 Å². The summed E-state index contributed by atoms with van der Waals surface area (Å²) >= 11 is 1.61. The van der Waals surface area contributed by atoms with Gasteiger partial charge in [0.25, 0.3) is 0 Å². The van der Waals surface area contributed by atoms with Crippen molar-refractivity contribution >= 4 is 11.3 Å². The lowest BCUT2D eigenvalue weighted by Crippen LogP contribution is -2.26. The molecule has 108 valence electrons. The van der Waals surface area contributed by atoms with Gasteiger partial charge in [-0.3, -0.25) is 0 Å². The summed E-state index contributed by atoms with van der Waals surface area (Å²) in [6.45, 7) is 8.46. The second-order valence-corrected chi connectivity index (χ2v) is 7.01. The first-order valence-corrected chi connectivity index (χ1v) is 7.57. The van der Waals surface area contributed by atoms with Crippen molar-refractivity contribution in [3.8, 4) is 17.0 Å². The van der Waals surface area contributed by atoms with Crippen LogP contribution < -0.4 is 10.5 Å². The standard InChI is InChI=1S/C16H22N2OS/c1-10-6-7-13(19-5)11(8-10)12-9-20-15(18-12)14(17)16(2,3)4/h6-9,14H,17H2,1-5H3. The summed E-state index contributed by atoms with van der Waals surface area (Å²) in [4.78, 5) is 4.71. The molecule has 0 aliphatic heterocycles. The summed E-state index contributed by atoms with van der Waals surface area (Å²) in [5, 5.41) is 3.02. The molecule has 1 atom stereocenters. The van der Waals surface area contributed by atoms with Crippen LogP contribution >= 0.6 is 11.3 Å². The average Bonchev–Trinajstić information content (AvgIpc) is 2.86. The van der Waals surface area contributed by atoms with Crippen molar-refractivity contribution in [1.82, 2.24) is 4.98 Å². The van der Waals surface area contributed by atoms with Gasteiger partial charge < -0.3 is 10.5 Å². The zero-order chi connectivity index (χ0) is 14.9. The van der Waals surface area contributed by atoms with E-state index in [2.05, 4.69) is 39.1 Å². The summed E-state index contributed by atoms with van der Waals surface area (Å²) < 4.78 is 5.43. The van der Waals surface area contributed by atoms with Crippen LogP contribution in [0.3, 0.4) is 0 Å². The minimum Gasteiger partial charge on any atom is -0.496 e. The smallest absolute Gasteiger partial charge is 0.128 e. The van der Waals surface area contributed by atoms with E-state index in [1.54, 1.807) is 18.4 Å². The van der Waals surface area contributed by atoms with Gasteiger partial charge in [-0.05, 0) is 24.5 Å². The molecule has 0 saturated carbocycles. The Kier molecular flexibility index (Phi) is 4.16. The molecule has 0 saturated heterocycles. The third-order valence-electron chi connectivity index (χ3n) is 3.35. The van der Waals surface area contributed by atoms with Crippen LogP contribution in [0.25, 0.3) is 11.3 Å². The van der Waals surface area contributed by atoms with Crippen LogP contribution in [0.15, 0.2) is 23.6 Å². The van der Waals surface area contributed by atoms with Crippen LogP contribution in [-0.4, -0.2) is 12.1 Å². The van der Waals surface area contributed by atoms with Crippen molar-refractivity contribution in [2.45, 2.75) is 33.7 Å². The molecule has 1 aromatic carbocycles. The largest absolute Gasteiger partial charge is 0.496 e. The molecule has 3 nitrogen and oxygen atoms in total. The van der Waals surface area contributed by atoms with E-state index < -0.39 is 0 Å². The minimum absolute atomic E-state index is 0.00577. The number of hydrogen-bond donors (Lipinski definition) is 1. The number of nitrogens with two attached hydrogens (primary N) is 1. The van der Waals surface area contributed by atoms with E-state index >= 15 is 0 Å². The summed E-state index contributed by atoms with van der Waals surface area (Å²) in [7, 11) is 1.68. The van der Waals surface area contributed by atoms with E-state index in [-0.39, 0.29) is 11.5 Å². The van der Waals surface area contributed by atoms with Crippen LogP contribution in [0, 0.1) is 12.3 Å². The molecule has 1 aromatic heterocycles. The number of methoxy groups -OCH3 is 1. The van der Waals surface area contributed by atoms with Crippen LogP contribution in [0.1, 0.15) is 37.4 Å². The first-order valence-electron chi connectivity index (χ1n) is 6.69. The summed E-state index contributed by atoms with van der Waals surface area (Å²) in [6.07, 6.45) is 0. The molecular weight excluding hydrogens is 268 g/mol. The topological polar surface area (TPSA) is 48.1 Å². The highest BCUT2D eigenvalue weighted by molar-refractivity contribution is 7.10. The molecule has 2 N–H and O–H groups in total. The fourth-order valence-electron chi connectivity index (χ4n) is 1.95. The first kappa shape index (κ1) is 15.0. The number of nitrogens with zero attached hydrogens (tertiary/aromatic N) is 1. The molecule has 1 heterocycles.